The molecule has 3 rings (SSSR count). The number of benzene rings is 2. The van der Waals surface area contributed by atoms with E-state index in [1.54, 1.807) is 0 Å². The molecule has 3 heteroatoms. The highest BCUT2D eigenvalue weighted by molar-refractivity contribution is 5.95. The molecule has 0 heterocycles. The zero-order valence-electron chi connectivity index (χ0n) is 14.7. The van der Waals surface area contributed by atoms with Crippen LogP contribution in [0.3, 0.4) is 0 Å². The van der Waals surface area contributed by atoms with Gasteiger partial charge < -0.3 is 10.1 Å². The number of amides is 1. The van der Waals surface area contributed by atoms with Crippen molar-refractivity contribution in [1.82, 2.24) is 5.32 Å². The smallest absolute Gasteiger partial charge is 0.251 e. The number of carbonyl (C=O) groups excluding carboxylic acids is 1. The Morgan fingerprint density at radius 3 is 2.36 bits per heavy atom. The molecule has 0 unspecified atom stereocenters. The molecule has 1 aliphatic carbocycles. The molecule has 2 aromatic carbocycles. The van der Waals surface area contributed by atoms with Gasteiger partial charge in [0.15, 0.2) is 0 Å². The molecular weight excluding hydrogens is 310 g/mol. The van der Waals surface area contributed by atoms with Crippen LogP contribution in [0.2, 0.25) is 0 Å². The first kappa shape index (κ1) is 17.5. The molecule has 0 radical (unpaired) electrons. The van der Waals surface area contributed by atoms with E-state index in [-0.39, 0.29) is 5.91 Å². The summed E-state index contributed by atoms with van der Waals surface area (Å²) >= 11 is 0. The van der Waals surface area contributed by atoms with Crippen LogP contribution in [0.15, 0.2) is 54.6 Å². The van der Waals surface area contributed by atoms with Gasteiger partial charge in [-0.15, -0.1) is 0 Å². The van der Waals surface area contributed by atoms with Crippen molar-refractivity contribution in [1.29, 1.82) is 0 Å². The quantitative estimate of drug-likeness (QED) is 0.756. The summed E-state index contributed by atoms with van der Waals surface area (Å²) in [4.78, 5) is 12.6. The van der Waals surface area contributed by atoms with Gasteiger partial charge in [-0.1, -0.05) is 62.1 Å². The first-order valence-corrected chi connectivity index (χ1v) is 9.37. The third-order valence-electron chi connectivity index (χ3n) is 4.93. The van der Waals surface area contributed by atoms with Crippen LogP contribution < -0.4 is 10.1 Å². The maximum absolute atomic E-state index is 12.6. The predicted octanol–water partition coefficient (Wildman–Crippen LogP) is 4.97. The van der Waals surface area contributed by atoms with Crippen molar-refractivity contribution in [2.75, 3.05) is 6.54 Å². The van der Waals surface area contributed by atoms with E-state index < -0.39 is 0 Å². The predicted molar refractivity (Wildman–Crippen MR) is 101 cm³/mol. The maximum atomic E-state index is 12.6. The lowest BCUT2D eigenvalue weighted by atomic mass is 10.00. The van der Waals surface area contributed by atoms with Gasteiger partial charge >= 0.3 is 0 Å². The minimum Gasteiger partial charge on any atom is -0.489 e. The zero-order valence-corrected chi connectivity index (χ0v) is 14.7. The van der Waals surface area contributed by atoms with E-state index in [4.69, 9.17) is 4.74 Å². The van der Waals surface area contributed by atoms with E-state index in [1.807, 2.05) is 54.6 Å². The van der Waals surface area contributed by atoms with Crippen LogP contribution in [0.5, 0.6) is 5.75 Å². The molecule has 1 N–H and O–H groups in total. The molecule has 0 bridgehead atoms. The van der Waals surface area contributed by atoms with Crippen LogP contribution in [0, 0.1) is 5.92 Å². The van der Waals surface area contributed by atoms with Gasteiger partial charge in [0.25, 0.3) is 5.91 Å². The summed E-state index contributed by atoms with van der Waals surface area (Å²) in [6.07, 6.45) is 7.73. The molecule has 3 nitrogen and oxygen atoms in total. The van der Waals surface area contributed by atoms with Crippen LogP contribution in [0.4, 0.5) is 0 Å². The van der Waals surface area contributed by atoms with Crippen molar-refractivity contribution in [2.24, 2.45) is 5.92 Å². The Morgan fingerprint density at radius 1 is 0.920 bits per heavy atom. The molecule has 2 aromatic rings. The molecule has 1 aliphatic rings. The molecule has 0 atom stereocenters. The molecule has 0 aliphatic heterocycles. The van der Waals surface area contributed by atoms with Crippen molar-refractivity contribution in [2.45, 2.75) is 45.1 Å². The van der Waals surface area contributed by atoms with Gasteiger partial charge in [0, 0.05) is 17.7 Å². The van der Waals surface area contributed by atoms with Gasteiger partial charge in [0.05, 0.1) is 0 Å². The van der Waals surface area contributed by atoms with Crippen molar-refractivity contribution in [3.05, 3.63) is 65.7 Å². The molecule has 1 amide bonds. The lowest BCUT2D eigenvalue weighted by Crippen LogP contribution is -2.30. The van der Waals surface area contributed by atoms with Gasteiger partial charge in [0.1, 0.15) is 12.4 Å². The van der Waals surface area contributed by atoms with Crippen molar-refractivity contribution in [3.63, 3.8) is 0 Å². The van der Waals surface area contributed by atoms with Crippen molar-refractivity contribution < 1.29 is 9.53 Å². The topological polar surface area (TPSA) is 38.3 Å². The normalized spacial score (nSPS) is 15.4. The van der Waals surface area contributed by atoms with E-state index in [2.05, 4.69) is 5.32 Å². The van der Waals surface area contributed by atoms with E-state index >= 15 is 0 Å². The summed E-state index contributed by atoms with van der Waals surface area (Å²) in [7, 11) is 0. The fourth-order valence-electron chi connectivity index (χ4n) is 3.45. The summed E-state index contributed by atoms with van der Waals surface area (Å²) in [6, 6.07) is 17.4. The summed E-state index contributed by atoms with van der Waals surface area (Å²) < 4.78 is 5.81. The number of ether oxygens (including phenoxy) is 1. The molecule has 132 valence electrons. The molecule has 0 aromatic heterocycles. The first-order chi connectivity index (χ1) is 12.3. The van der Waals surface area contributed by atoms with Crippen molar-refractivity contribution in [3.8, 4) is 5.75 Å². The summed E-state index contributed by atoms with van der Waals surface area (Å²) in [5, 5.41) is 3.14. The number of hydrogen-bond acceptors (Lipinski definition) is 2. The average molecular weight is 337 g/mol. The Morgan fingerprint density at radius 2 is 1.60 bits per heavy atom. The molecular formula is C22H27NO2. The van der Waals surface area contributed by atoms with E-state index in [1.165, 1.54) is 38.5 Å². The van der Waals surface area contributed by atoms with Gasteiger partial charge in [-0.05, 0) is 37.0 Å². The number of nitrogens with one attached hydrogen (secondary N) is 1. The Kier molecular flexibility index (Phi) is 6.49. The molecule has 1 fully saturated rings. The SMILES string of the molecule is O=C(NCC1CCCCCC1)c1ccccc1COc1ccccc1. The number of carbonyl (C=O) groups is 1. The van der Waals surface area contributed by atoms with Crippen molar-refractivity contribution >= 4 is 5.91 Å². The molecule has 0 saturated heterocycles. The van der Waals surface area contributed by atoms with E-state index in [9.17, 15) is 4.79 Å². The van der Waals surface area contributed by atoms with Gasteiger partial charge in [-0.25, -0.2) is 0 Å². The maximum Gasteiger partial charge on any atom is 0.251 e. The zero-order chi connectivity index (χ0) is 17.3. The minimum absolute atomic E-state index is 0.0107. The van der Waals surface area contributed by atoms with Crippen LogP contribution in [0.25, 0.3) is 0 Å². The number of para-hydroxylation sites is 1. The van der Waals surface area contributed by atoms with E-state index in [0.717, 1.165) is 17.9 Å². The Hall–Kier alpha value is -2.29. The molecule has 0 spiro atoms. The Labute approximate surface area is 150 Å². The molecule has 1 saturated carbocycles. The van der Waals surface area contributed by atoms with Crippen LogP contribution in [-0.4, -0.2) is 12.5 Å². The van der Waals surface area contributed by atoms with Gasteiger partial charge in [-0.2, -0.15) is 0 Å². The Bertz CT molecular complexity index is 661. The highest BCUT2D eigenvalue weighted by atomic mass is 16.5. The standard InChI is InChI=1S/C22H27NO2/c24-22(23-16-18-10-4-1-2-5-11-18)21-15-9-8-12-19(21)17-25-20-13-6-3-7-14-20/h3,6-9,12-15,18H,1-2,4-5,10-11,16-17H2,(H,23,24). The summed E-state index contributed by atoms with van der Waals surface area (Å²) in [5.74, 6) is 1.45. The monoisotopic (exact) mass is 337 g/mol. The molecule has 25 heavy (non-hydrogen) atoms. The fourth-order valence-corrected chi connectivity index (χ4v) is 3.45. The first-order valence-electron chi connectivity index (χ1n) is 9.37. The highest BCUT2D eigenvalue weighted by Gasteiger charge is 2.15. The van der Waals surface area contributed by atoms with Gasteiger partial charge in [0.2, 0.25) is 0 Å². The number of rotatable bonds is 6. The largest absolute Gasteiger partial charge is 0.489 e. The second-order valence-corrected chi connectivity index (χ2v) is 6.83. The second kappa shape index (κ2) is 9.26. The third-order valence-corrected chi connectivity index (χ3v) is 4.93. The van der Waals surface area contributed by atoms with Gasteiger partial charge in [-0.3, -0.25) is 4.79 Å². The van der Waals surface area contributed by atoms with Crippen LogP contribution in [-0.2, 0) is 6.61 Å². The summed E-state index contributed by atoms with van der Waals surface area (Å²) in [5.41, 5.74) is 1.64. The minimum atomic E-state index is 0.0107. The summed E-state index contributed by atoms with van der Waals surface area (Å²) in [6.45, 7) is 1.18. The third kappa shape index (κ3) is 5.35. The van der Waals surface area contributed by atoms with Crippen LogP contribution >= 0.6 is 0 Å². The second-order valence-electron chi connectivity index (χ2n) is 6.83. The lowest BCUT2D eigenvalue weighted by molar-refractivity contribution is 0.0943. The highest BCUT2D eigenvalue weighted by Crippen LogP contribution is 2.22. The average Bonchev–Trinajstić information content (AvgIpc) is 2.94. The van der Waals surface area contributed by atoms with E-state index in [0.29, 0.717) is 18.1 Å². The van der Waals surface area contributed by atoms with Crippen LogP contribution in [0.1, 0.15) is 54.4 Å². The lowest BCUT2D eigenvalue weighted by Gasteiger charge is -2.16. The number of hydrogen-bond donors (Lipinski definition) is 1. The fraction of sp³-hybridized carbons (Fsp3) is 0.409. The Balaban J connectivity index is 1.58.